The fourth-order valence-electron chi connectivity index (χ4n) is 4.32. The zero-order chi connectivity index (χ0) is 23.4. The second kappa shape index (κ2) is 10.0. The van der Waals surface area contributed by atoms with Crippen molar-refractivity contribution in [3.8, 4) is 0 Å². The molecule has 0 radical (unpaired) electrons. The van der Waals surface area contributed by atoms with Crippen molar-refractivity contribution in [2.45, 2.75) is 43.7 Å². The fourth-order valence-corrected chi connectivity index (χ4v) is 5.84. The summed E-state index contributed by atoms with van der Waals surface area (Å²) in [5.41, 5.74) is 1.99. The lowest BCUT2D eigenvalue weighted by atomic mass is 9.98. The Hall–Kier alpha value is -2.78. The lowest BCUT2D eigenvalue weighted by Gasteiger charge is -2.31. The topological polar surface area (TPSA) is 86.8 Å². The minimum Gasteiger partial charge on any atom is -0.352 e. The van der Waals surface area contributed by atoms with Crippen LogP contribution in [0.5, 0.6) is 0 Å². The van der Waals surface area contributed by atoms with Gasteiger partial charge in [0.2, 0.25) is 21.8 Å². The Morgan fingerprint density at radius 3 is 2.36 bits per heavy atom. The maximum atomic E-state index is 13.2. The molecule has 2 heterocycles. The average molecular weight is 474 g/mol. The molecule has 0 bridgehead atoms. The summed E-state index contributed by atoms with van der Waals surface area (Å²) in [5.74, 6) is -0.924. The van der Waals surface area contributed by atoms with Gasteiger partial charge in [0.15, 0.2) is 0 Å². The van der Waals surface area contributed by atoms with Gasteiger partial charge in [0.1, 0.15) is 5.82 Å². The lowest BCUT2D eigenvalue weighted by molar-refractivity contribution is -0.128. The molecule has 0 aliphatic carbocycles. The summed E-state index contributed by atoms with van der Waals surface area (Å²) >= 11 is 0. The van der Waals surface area contributed by atoms with Crippen molar-refractivity contribution in [1.82, 2.24) is 14.5 Å². The summed E-state index contributed by atoms with van der Waals surface area (Å²) in [5, 5.41) is 2.91. The van der Waals surface area contributed by atoms with Crippen LogP contribution in [0.25, 0.3) is 0 Å². The zero-order valence-corrected chi connectivity index (χ0v) is 19.2. The number of piperidine rings is 1. The molecule has 0 unspecified atom stereocenters. The maximum Gasteiger partial charge on any atom is 0.243 e. The second-order valence-electron chi connectivity index (χ2n) is 8.61. The zero-order valence-electron chi connectivity index (χ0n) is 18.4. The van der Waals surface area contributed by atoms with Crippen LogP contribution in [0.4, 0.5) is 4.39 Å². The van der Waals surface area contributed by atoms with Gasteiger partial charge in [-0.15, -0.1) is 0 Å². The Bertz CT molecular complexity index is 1100. The average Bonchev–Trinajstić information content (AvgIpc) is 3.23. The van der Waals surface area contributed by atoms with Gasteiger partial charge in [0, 0.05) is 39.1 Å². The summed E-state index contributed by atoms with van der Waals surface area (Å²) in [6, 6.07) is 12.5. The van der Waals surface area contributed by atoms with Crippen molar-refractivity contribution < 1.29 is 22.4 Å². The molecule has 4 rings (SSSR count). The first-order valence-corrected chi connectivity index (χ1v) is 12.7. The first-order valence-electron chi connectivity index (χ1n) is 11.2. The van der Waals surface area contributed by atoms with Gasteiger partial charge < -0.3 is 10.2 Å². The first kappa shape index (κ1) is 23.4. The van der Waals surface area contributed by atoms with Gasteiger partial charge in [-0.25, -0.2) is 12.8 Å². The molecule has 2 saturated heterocycles. The number of carbonyl (C=O) groups excluding carboxylic acids is 2. The Morgan fingerprint density at radius 1 is 1.00 bits per heavy atom. The summed E-state index contributed by atoms with van der Waals surface area (Å²) in [7, 11) is -3.77. The number of hydrogen-bond acceptors (Lipinski definition) is 4. The smallest absolute Gasteiger partial charge is 0.243 e. The number of nitrogens with one attached hydrogen (secondary N) is 1. The number of hydrogen-bond donors (Lipinski definition) is 1. The molecule has 7 nitrogen and oxygen atoms in total. The molecule has 2 aliphatic rings. The van der Waals surface area contributed by atoms with E-state index >= 15 is 0 Å². The van der Waals surface area contributed by atoms with Crippen LogP contribution in [-0.4, -0.2) is 49.1 Å². The minimum absolute atomic E-state index is 0.0284. The third-order valence-corrected chi connectivity index (χ3v) is 8.12. The quantitative estimate of drug-likeness (QED) is 0.670. The van der Waals surface area contributed by atoms with Crippen LogP contribution >= 0.6 is 0 Å². The van der Waals surface area contributed by atoms with Gasteiger partial charge in [-0.3, -0.25) is 9.59 Å². The van der Waals surface area contributed by atoms with Gasteiger partial charge in [-0.1, -0.05) is 24.3 Å². The number of nitrogens with zero attached hydrogens (tertiary/aromatic N) is 2. The monoisotopic (exact) mass is 473 g/mol. The predicted octanol–water partition coefficient (Wildman–Crippen LogP) is 2.67. The van der Waals surface area contributed by atoms with E-state index in [1.54, 1.807) is 0 Å². The normalized spacial score (nSPS) is 19.6. The molecule has 2 aliphatic heterocycles. The molecule has 176 valence electrons. The highest BCUT2D eigenvalue weighted by atomic mass is 32.2. The molecule has 2 aromatic rings. The minimum atomic E-state index is -3.77. The van der Waals surface area contributed by atoms with E-state index in [-0.39, 0.29) is 23.3 Å². The van der Waals surface area contributed by atoms with Crippen molar-refractivity contribution in [2.75, 3.05) is 19.6 Å². The van der Waals surface area contributed by atoms with Crippen LogP contribution in [0.3, 0.4) is 0 Å². The molecular weight excluding hydrogens is 445 g/mol. The van der Waals surface area contributed by atoms with Crippen LogP contribution < -0.4 is 5.32 Å². The number of halogens is 1. The van der Waals surface area contributed by atoms with E-state index in [0.29, 0.717) is 38.9 Å². The van der Waals surface area contributed by atoms with Gasteiger partial charge in [0.25, 0.3) is 0 Å². The van der Waals surface area contributed by atoms with E-state index in [1.807, 2.05) is 29.2 Å². The van der Waals surface area contributed by atoms with Crippen LogP contribution in [0, 0.1) is 11.7 Å². The van der Waals surface area contributed by atoms with E-state index in [4.69, 9.17) is 0 Å². The Morgan fingerprint density at radius 2 is 1.70 bits per heavy atom. The molecule has 0 saturated carbocycles. The molecule has 0 aromatic heterocycles. The van der Waals surface area contributed by atoms with Crippen molar-refractivity contribution in [1.29, 1.82) is 0 Å². The molecule has 33 heavy (non-hydrogen) atoms. The molecular formula is C24H28FN3O4S. The number of likely N-dealkylation sites (tertiary alicyclic amines) is 1. The second-order valence-corrected chi connectivity index (χ2v) is 10.5. The maximum absolute atomic E-state index is 13.2. The third kappa shape index (κ3) is 5.59. The highest BCUT2D eigenvalue weighted by Gasteiger charge is 2.33. The van der Waals surface area contributed by atoms with Crippen molar-refractivity contribution in [2.24, 2.45) is 5.92 Å². The summed E-state index contributed by atoms with van der Waals surface area (Å²) < 4.78 is 40.2. The molecule has 1 N–H and O–H groups in total. The number of amides is 2. The number of rotatable bonds is 7. The van der Waals surface area contributed by atoms with Crippen LogP contribution in [0.15, 0.2) is 53.4 Å². The Labute approximate surface area is 193 Å². The summed E-state index contributed by atoms with van der Waals surface area (Å²) in [6.07, 6.45) is 2.73. The van der Waals surface area contributed by atoms with E-state index in [1.165, 1.54) is 16.4 Å². The van der Waals surface area contributed by atoms with Gasteiger partial charge >= 0.3 is 0 Å². The van der Waals surface area contributed by atoms with Crippen LogP contribution in [-0.2, 0) is 32.7 Å². The molecule has 9 heteroatoms. The molecule has 2 aromatic carbocycles. The van der Waals surface area contributed by atoms with E-state index in [2.05, 4.69) is 5.32 Å². The molecule has 2 amide bonds. The fraction of sp³-hybridized carbons (Fsp3) is 0.417. The predicted molar refractivity (Wildman–Crippen MR) is 121 cm³/mol. The number of sulfonamides is 1. The van der Waals surface area contributed by atoms with Gasteiger partial charge in [-0.05, 0) is 54.7 Å². The number of carbonyl (C=O) groups is 2. The van der Waals surface area contributed by atoms with E-state index < -0.39 is 21.8 Å². The molecule has 2 fully saturated rings. The van der Waals surface area contributed by atoms with Crippen LogP contribution in [0.1, 0.15) is 36.8 Å². The lowest BCUT2D eigenvalue weighted by Crippen LogP contribution is -2.45. The third-order valence-electron chi connectivity index (χ3n) is 6.24. The van der Waals surface area contributed by atoms with E-state index in [9.17, 15) is 22.4 Å². The van der Waals surface area contributed by atoms with Crippen molar-refractivity contribution >= 4 is 21.8 Å². The Balaban J connectivity index is 1.31. The van der Waals surface area contributed by atoms with E-state index in [0.717, 1.165) is 36.2 Å². The SMILES string of the molecule is O=C(NCc1ccc(CN2CCCC2=O)cc1)[C@H]1CCCN(S(=O)(=O)c2ccc(F)cc2)C1. The van der Waals surface area contributed by atoms with Crippen LogP contribution in [0.2, 0.25) is 0 Å². The molecule has 1 atom stereocenters. The van der Waals surface area contributed by atoms with Gasteiger partial charge in [-0.2, -0.15) is 4.31 Å². The largest absolute Gasteiger partial charge is 0.352 e. The highest BCUT2D eigenvalue weighted by Crippen LogP contribution is 2.24. The summed E-state index contributed by atoms with van der Waals surface area (Å²) in [6.45, 7) is 2.19. The number of benzene rings is 2. The van der Waals surface area contributed by atoms with Crippen molar-refractivity contribution in [3.63, 3.8) is 0 Å². The highest BCUT2D eigenvalue weighted by molar-refractivity contribution is 7.89. The standard InChI is InChI=1S/C24H28FN3O4S/c25-21-9-11-22(12-10-21)33(31,32)28-14-1-3-20(17-28)24(30)26-15-18-5-7-19(8-6-18)16-27-13-2-4-23(27)29/h5-12,20H,1-4,13-17H2,(H,26,30)/t20-/m0/s1. The first-order chi connectivity index (χ1) is 15.8. The Kier molecular flexibility index (Phi) is 7.09. The summed E-state index contributed by atoms with van der Waals surface area (Å²) in [4.78, 5) is 26.4. The molecule has 0 spiro atoms. The van der Waals surface area contributed by atoms with Gasteiger partial charge in [0.05, 0.1) is 10.8 Å². The van der Waals surface area contributed by atoms with Crippen molar-refractivity contribution in [3.05, 3.63) is 65.5 Å².